The molecule has 2 aromatic carbocycles. The summed E-state index contributed by atoms with van der Waals surface area (Å²) < 4.78 is 53.4. The molecule has 0 saturated carbocycles. The van der Waals surface area contributed by atoms with E-state index in [1.807, 2.05) is 0 Å². The van der Waals surface area contributed by atoms with Gasteiger partial charge < -0.3 is 14.2 Å². The molecule has 2 rings (SSSR count). The number of halogens is 5. The van der Waals surface area contributed by atoms with E-state index in [0.29, 0.717) is 0 Å². The van der Waals surface area contributed by atoms with Crippen LogP contribution in [0.4, 0.5) is 13.2 Å². The lowest BCUT2D eigenvalue weighted by Crippen LogP contribution is -2.15. The van der Waals surface area contributed by atoms with Gasteiger partial charge in [0.05, 0.1) is 33.4 Å². The molecular formula is C20H15Cl2F3O5. The average molecular weight is 463 g/mol. The van der Waals surface area contributed by atoms with E-state index in [1.165, 1.54) is 18.2 Å². The fourth-order valence-corrected chi connectivity index (χ4v) is 2.55. The highest BCUT2D eigenvalue weighted by Gasteiger charge is 2.31. The first-order valence-corrected chi connectivity index (χ1v) is 9.14. The summed E-state index contributed by atoms with van der Waals surface area (Å²) in [6.45, 7) is 4.81. The third kappa shape index (κ3) is 6.14. The van der Waals surface area contributed by atoms with Gasteiger partial charge in [0.15, 0.2) is 0 Å². The molecule has 2 aromatic rings. The summed E-state index contributed by atoms with van der Waals surface area (Å²) in [5.41, 5.74) is -1.08. The SMILES string of the molecule is C=C(COC(=O)c1cc(Oc2ccc(C(F)(F)F)cc2Cl)ccc1Cl)C(=O)OCC. The fraction of sp³-hybridized carbons (Fsp3) is 0.200. The third-order valence-electron chi connectivity index (χ3n) is 3.59. The second-order valence-electron chi connectivity index (χ2n) is 5.79. The molecular weight excluding hydrogens is 448 g/mol. The summed E-state index contributed by atoms with van der Waals surface area (Å²) in [7, 11) is 0. The molecule has 0 aliphatic rings. The van der Waals surface area contributed by atoms with Gasteiger partial charge in [0.2, 0.25) is 0 Å². The zero-order chi connectivity index (χ0) is 22.5. The Hall–Kier alpha value is -2.71. The van der Waals surface area contributed by atoms with Crippen LogP contribution < -0.4 is 4.74 Å². The van der Waals surface area contributed by atoms with Gasteiger partial charge in [0, 0.05) is 0 Å². The van der Waals surface area contributed by atoms with Crippen LogP contribution in [0.2, 0.25) is 10.0 Å². The molecule has 160 valence electrons. The van der Waals surface area contributed by atoms with Gasteiger partial charge in [-0.3, -0.25) is 0 Å². The zero-order valence-corrected chi connectivity index (χ0v) is 17.0. The third-order valence-corrected chi connectivity index (χ3v) is 4.21. The van der Waals surface area contributed by atoms with Crippen molar-refractivity contribution in [3.8, 4) is 11.5 Å². The molecule has 0 radical (unpaired) electrons. The van der Waals surface area contributed by atoms with E-state index >= 15 is 0 Å². The Morgan fingerprint density at radius 3 is 2.33 bits per heavy atom. The van der Waals surface area contributed by atoms with Gasteiger partial charge in [-0.25, -0.2) is 9.59 Å². The van der Waals surface area contributed by atoms with Crippen LogP contribution >= 0.6 is 23.2 Å². The van der Waals surface area contributed by atoms with E-state index in [0.717, 1.165) is 18.2 Å². The molecule has 10 heteroatoms. The van der Waals surface area contributed by atoms with E-state index in [2.05, 4.69) is 6.58 Å². The maximum atomic E-state index is 12.7. The quantitative estimate of drug-likeness (QED) is 0.368. The fourth-order valence-electron chi connectivity index (χ4n) is 2.13. The van der Waals surface area contributed by atoms with Gasteiger partial charge in [-0.1, -0.05) is 29.8 Å². The highest BCUT2D eigenvalue weighted by Crippen LogP contribution is 2.37. The Morgan fingerprint density at radius 2 is 1.73 bits per heavy atom. The summed E-state index contributed by atoms with van der Waals surface area (Å²) in [6.07, 6.45) is -4.55. The van der Waals surface area contributed by atoms with Crippen molar-refractivity contribution in [3.05, 3.63) is 69.7 Å². The molecule has 0 spiro atoms. The van der Waals surface area contributed by atoms with E-state index in [-0.39, 0.29) is 39.3 Å². The van der Waals surface area contributed by atoms with Crippen LogP contribution in [0, 0.1) is 0 Å². The molecule has 0 unspecified atom stereocenters. The normalized spacial score (nSPS) is 11.0. The molecule has 30 heavy (non-hydrogen) atoms. The summed E-state index contributed by atoms with van der Waals surface area (Å²) in [5, 5.41) is -0.234. The lowest BCUT2D eigenvalue weighted by atomic mass is 10.2. The van der Waals surface area contributed by atoms with Crippen LogP contribution in [0.5, 0.6) is 11.5 Å². The summed E-state index contributed by atoms with van der Waals surface area (Å²) in [5.74, 6) is -1.54. The number of hydrogen-bond donors (Lipinski definition) is 0. The maximum Gasteiger partial charge on any atom is 0.416 e. The maximum absolute atomic E-state index is 12.7. The Morgan fingerprint density at radius 1 is 1.03 bits per heavy atom. The van der Waals surface area contributed by atoms with Gasteiger partial charge in [-0.15, -0.1) is 0 Å². The zero-order valence-electron chi connectivity index (χ0n) is 15.5. The topological polar surface area (TPSA) is 61.8 Å². The van der Waals surface area contributed by atoms with Gasteiger partial charge in [-0.05, 0) is 43.3 Å². The summed E-state index contributed by atoms with van der Waals surface area (Å²) in [6, 6.07) is 6.56. The highest BCUT2D eigenvalue weighted by molar-refractivity contribution is 6.33. The minimum Gasteiger partial charge on any atom is -0.463 e. The van der Waals surface area contributed by atoms with Crippen LogP contribution in [-0.4, -0.2) is 25.2 Å². The molecule has 0 aromatic heterocycles. The lowest BCUT2D eigenvalue weighted by Gasteiger charge is -2.12. The van der Waals surface area contributed by atoms with Crippen molar-refractivity contribution in [2.75, 3.05) is 13.2 Å². The number of ether oxygens (including phenoxy) is 3. The predicted octanol–water partition coefficient (Wildman–Crippen LogP) is 6.08. The molecule has 0 amide bonds. The molecule has 0 saturated heterocycles. The average Bonchev–Trinajstić information content (AvgIpc) is 2.68. The molecule has 0 heterocycles. The van der Waals surface area contributed by atoms with Crippen molar-refractivity contribution in [3.63, 3.8) is 0 Å². The Labute approximate surface area is 179 Å². The van der Waals surface area contributed by atoms with Crippen LogP contribution in [-0.2, 0) is 20.4 Å². The van der Waals surface area contributed by atoms with Crippen molar-refractivity contribution in [1.82, 2.24) is 0 Å². The number of hydrogen-bond acceptors (Lipinski definition) is 5. The number of benzene rings is 2. The van der Waals surface area contributed by atoms with Crippen LogP contribution in [0.3, 0.4) is 0 Å². The first kappa shape index (κ1) is 23.6. The molecule has 0 N–H and O–H groups in total. The van der Waals surface area contributed by atoms with E-state index in [1.54, 1.807) is 6.92 Å². The Bertz CT molecular complexity index is 973. The number of esters is 2. The minimum absolute atomic E-state index is 0.0348. The van der Waals surface area contributed by atoms with Crippen molar-refractivity contribution >= 4 is 35.1 Å². The van der Waals surface area contributed by atoms with Crippen molar-refractivity contribution in [2.45, 2.75) is 13.1 Å². The Balaban J connectivity index is 2.14. The van der Waals surface area contributed by atoms with E-state index in [4.69, 9.17) is 37.4 Å². The largest absolute Gasteiger partial charge is 0.463 e. The van der Waals surface area contributed by atoms with E-state index < -0.39 is 30.3 Å². The van der Waals surface area contributed by atoms with Crippen LogP contribution in [0.15, 0.2) is 48.6 Å². The number of alkyl halides is 3. The van der Waals surface area contributed by atoms with Crippen molar-refractivity contribution in [1.29, 1.82) is 0 Å². The number of rotatable bonds is 7. The standard InChI is InChI=1S/C20H15Cl2F3O5/c1-3-28-18(26)11(2)10-29-19(27)14-9-13(5-6-15(14)21)30-17-7-4-12(8-16(17)22)20(23,24)25/h4-9H,2-3,10H2,1H3. The predicted molar refractivity (Wildman–Crippen MR) is 104 cm³/mol. The summed E-state index contributed by atoms with van der Waals surface area (Å²) in [4.78, 5) is 23.8. The van der Waals surface area contributed by atoms with Crippen LogP contribution in [0.25, 0.3) is 0 Å². The minimum atomic E-state index is -4.55. The van der Waals surface area contributed by atoms with Gasteiger partial charge in [-0.2, -0.15) is 13.2 Å². The molecule has 0 bridgehead atoms. The molecule has 0 fully saturated rings. The van der Waals surface area contributed by atoms with Gasteiger partial charge >= 0.3 is 18.1 Å². The first-order valence-electron chi connectivity index (χ1n) is 8.39. The Kier molecular flexibility index (Phi) is 7.75. The number of carbonyl (C=O) groups excluding carboxylic acids is 2. The van der Waals surface area contributed by atoms with Gasteiger partial charge in [0.1, 0.15) is 18.1 Å². The molecule has 0 aliphatic carbocycles. The van der Waals surface area contributed by atoms with Gasteiger partial charge in [0.25, 0.3) is 0 Å². The number of carbonyl (C=O) groups is 2. The smallest absolute Gasteiger partial charge is 0.416 e. The molecule has 0 aliphatic heterocycles. The van der Waals surface area contributed by atoms with Crippen molar-refractivity contribution in [2.24, 2.45) is 0 Å². The second kappa shape index (κ2) is 9.86. The highest BCUT2D eigenvalue weighted by atomic mass is 35.5. The first-order chi connectivity index (χ1) is 14.0. The lowest BCUT2D eigenvalue weighted by molar-refractivity contribution is -0.139. The molecule has 0 atom stereocenters. The monoisotopic (exact) mass is 462 g/mol. The van der Waals surface area contributed by atoms with Crippen LogP contribution in [0.1, 0.15) is 22.8 Å². The van der Waals surface area contributed by atoms with E-state index in [9.17, 15) is 22.8 Å². The molecule has 5 nitrogen and oxygen atoms in total. The van der Waals surface area contributed by atoms with Crippen molar-refractivity contribution < 1.29 is 37.0 Å². The summed E-state index contributed by atoms with van der Waals surface area (Å²) >= 11 is 11.9. The second-order valence-corrected chi connectivity index (χ2v) is 6.60.